The fourth-order valence-electron chi connectivity index (χ4n) is 3.72. The van der Waals surface area contributed by atoms with Gasteiger partial charge in [0.25, 0.3) is 5.91 Å². The quantitative estimate of drug-likeness (QED) is 0.288. The molecule has 0 aliphatic carbocycles. The van der Waals surface area contributed by atoms with E-state index in [1.165, 1.54) is 23.3 Å². The molecule has 1 heterocycles. The third-order valence-corrected chi connectivity index (χ3v) is 6.39. The molecule has 2 aromatic carbocycles. The van der Waals surface area contributed by atoms with Gasteiger partial charge in [0.1, 0.15) is 0 Å². The van der Waals surface area contributed by atoms with Crippen LogP contribution in [0.3, 0.4) is 0 Å². The van der Waals surface area contributed by atoms with E-state index in [1.807, 2.05) is 18.2 Å². The van der Waals surface area contributed by atoms with Crippen LogP contribution >= 0.6 is 0 Å². The van der Waals surface area contributed by atoms with Crippen LogP contribution in [0.25, 0.3) is 11.1 Å². The predicted molar refractivity (Wildman–Crippen MR) is 125 cm³/mol. The number of sulfonamides is 1. The number of rotatable bonds is 9. The molecule has 0 bridgehead atoms. The van der Waals surface area contributed by atoms with E-state index >= 15 is 0 Å². The minimum absolute atomic E-state index is 0.0481. The van der Waals surface area contributed by atoms with Gasteiger partial charge in [-0.2, -0.15) is 4.57 Å². The molecule has 0 saturated heterocycles. The molecule has 10 nitrogen and oxygen atoms in total. The lowest BCUT2D eigenvalue weighted by atomic mass is 10.0. The van der Waals surface area contributed by atoms with E-state index in [1.54, 1.807) is 12.1 Å². The molecule has 1 amide bonds. The molecule has 3 aromatic rings. The summed E-state index contributed by atoms with van der Waals surface area (Å²) < 4.78 is 58.8. The van der Waals surface area contributed by atoms with Gasteiger partial charge in [-0.3, -0.25) is 4.79 Å². The summed E-state index contributed by atoms with van der Waals surface area (Å²) >= 11 is 0. The first-order valence-corrected chi connectivity index (χ1v) is 14.2. The molecule has 12 heteroatoms. The van der Waals surface area contributed by atoms with Crippen molar-refractivity contribution in [2.75, 3.05) is 6.54 Å². The second-order valence-electron chi connectivity index (χ2n) is 8.05. The van der Waals surface area contributed by atoms with Gasteiger partial charge in [0.05, 0.1) is 4.90 Å². The zero-order valence-electron chi connectivity index (χ0n) is 20.6. The fourth-order valence-corrected chi connectivity index (χ4v) is 4.23. The molecule has 3 rings (SSSR count). The van der Waals surface area contributed by atoms with Crippen molar-refractivity contribution < 1.29 is 46.7 Å². The van der Waals surface area contributed by atoms with Crippen molar-refractivity contribution in [1.29, 1.82) is 0 Å². The molecule has 0 radical (unpaired) electrons. The van der Waals surface area contributed by atoms with E-state index in [-0.39, 0.29) is 17.3 Å². The Bertz CT molecular complexity index is 1250. The number of aromatic nitrogens is 1. The molecule has 37 heavy (non-hydrogen) atoms. The van der Waals surface area contributed by atoms with Crippen LogP contribution in [0.1, 0.15) is 30.8 Å². The number of aryl methyl sites for hydroxylation is 2. The Labute approximate surface area is 218 Å². The number of benzene rings is 2. The number of carbonyl (C=O) groups is 1. The van der Waals surface area contributed by atoms with E-state index in [2.05, 4.69) is 48.0 Å². The summed E-state index contributed by atoms with van der Waals surface area (Å²) in [6, 6.07) is 21.0. The van der Waals surface area contributed by atoms with Gasteiger partial charge in [-0.05, 0) is 35.2 Å². The van der Waals surface area contributed by atoms with E-state index in [0.29, 0.717) is 13.0 Å². The Balaban J connectivity index is 0.000000877. The standard InChI is InChI=1S/C25H29N3O3S.ClHO4/c1-3-22-16-21(20-8-6-5-7-9-20)17-23(4-2)28(22)18-25(29)27-15-14-19-10-12-24(13-11-19)32(26,30)31;2-1(3,4)5/h5-13,16-17H,3-4,14-15,18H2,1-2H3,(H2-,26,27,29,30,31);(H,2,3,4,5). The lowest BCUT2D eigenvalue weighted by Crippen LogP contribution is -2.68. The summed E-state index contributed by atoms with van der Waals surface area (Å²) in [4.78, 5) is 12.7. The normalized spacial score (nSPS) is 11.4. The minimum Gasteiger partial charge on any atom is -0.350 e. The lowest BCUT2D eigenvalue weighted by Gasteiger charge is -2.17. The van der Waals surface area contributed by atoms with Crippen molar-refractivity contribution in [3.05, 3.63) is 83.7 Å². The zero-order chi connectivity index (χ0) is 27.6. The second kappa shape index (κ2) is 13.6. The average Bonchev–Trinajstić information content (AvgIpc) is 2.83. The van der Waals surface area contributed by atoms with Crippen molar-refractivity contribution in [3.8, 4) is 11.1 Å². The molecule has 200 valence electrons. The second-order valence-corrected chi connectivity index (χ2v) is 10.4. The van der Waals surface area contributed by atoms with Crippen LogP contribution in [0.4, 0.5) is 0 Å². The van der Waals surface area contributed by atoms with Crippen molar-refractivity contribution in [3.63, 3.8) is 0 Å². The van der Waals surface area contributed by atoms with E-state index in [0.717, 1.165) is 29.8 Å². The van der Waals surface area contributed by atoms with Gasteiger partial charge in [0, 0.05) is 31.5 Å². The van der Waals surface area contributed by atoms with Gasteiger partial charge in [-0.1, -0.05) is 56.3 Å². The monoisotopic (exact) mass is 551 g/mol. The van der Waals surface area contributed by atoms with E-state index < -0.39 is 20.3 Å². The summed E-state index contributed by atoms with van der Waals surface area (Å²) in [5.74, 6) is -0.0481. The first-order valence-electron chi connectivity index (χ1n) is 11.4. The minimum atomic E-state index is -4.94. The number of nitrogens with zero attached hydrogens (tertiary/aromatic N) is 1. The maximum atomic E-state index is 12.7. The van der Waals surface area contributed by atoms with Gasteiger partial charge in [0.15, 0.2) is 11.4 Å². The topological polar surface area (TPSA) is 185 Å². The van der Waals surface area contributed by atoms with Crippen molar-refractivity contribution in [2.45, 2.75) is 44.6 Å². The van der Waals surface area contributed by atoms with Gasteiger partial charge >= 0.3 is 0 Å². The maximum Gasteiger partial charge on any atom is 0.286 e. The summed E-state index contributed by atoms with van der Waals surface area (Å²) in [6.07, 6.45) is 2.27. The first kappa shape index (κ1) is 30.3. The molecule has 1 aromatic heterocycles. The number of hydrogen-bond acceptors (Lipinski definition) is 7. The largest absolute Gasteiger partial charge is 0.350 e. The molecular weight excluding hydrogens is 522 g/mol. The Morgan fingerprint density at radius 3 is 1.86 bits per heavy atom. The molecule has 0 aliphatic heterocycles. The SMILES string of the molecule is CCc1cc(-c2ccccc2)cc(CC)[n+]1CC(=O)NCCc1ccc(S(N)(=O)=O)cc1.[O-][Cl+3]([O-])([O-])[O-]. The van der Waals surface area contributed by atoms with Crippen molar-refractivity contribution in [2.24, 2.45) is 5.14 Å². The number of nitrogens with one attached hydrogen (secondary N) is 1. The van der Waals surface area contributed by atoms with Crippen LogP contribution < -0.4 is 33.7 Å². The highest BCUT2D eigenvalue weighted by molar-refractivity contribution is 7.89. The third-order valence-electron chi connectivity index (χ3n) is 5.46. The Hall–Kier alpha value is -2.90. The molecule has 0 fully saturated rings. The summed E-state index contributed by atoms with van der Waals surface area (Å²) in [7, 11) is -8.64. The molecule has 0 unspecified atom stereocenters. The fraction of sp³-hybridized carbons (Fsp3) is 0.280. The number of pyridine rings is 1. The van der Waals surface area contributed by atoms with Crippen LogP contribution in [-0.2, 0) is 40.6 Å². The van der Waals surface area contributed by atoms with Crippen molar-refractivity contribution >= 4 is 15.9 Å². The number of hydrogen-bond donors (Lipinski definition) is 2. The van der Waals surface area contributed by atoms with Gasteiger partial charge in [0.2, 0.25) is 16.6 Å². The highest BCUT2D eigenvalue weighted by Crippen LogP contribution is 2.20. The van der Waals surface area contributed by atoms with Gasteiger partial charge in [-0.15, -0.1) is 10.2 Å². The molecule has 0 aliphatic rings. The number of carbonyl (C=O) groups excluding carboxylic acids is 1. The smallest absolute Gasteiger partial charge is 0.286 e. The van der Waals surface area contributed by atoms with Crippen LogP contribution in [0.2, 0.25) is 0 Å². The predicted octanol–water partition coefficient (Wildman–Crippen LogP) is -1.98. The van der Waals surface area contributed by atoms with E-state index in [4.69, 9.17) is 23.8 Å². The molecule has 0 saturated carbocycles. The molecule has 3 N–H and O–H groups in total. The molecule has 0 spiro atoms. The van der Waals surface area contributed by atoms with E-state index in [9.17, 15) is 13.2 Å². The average molecular weight is 552 g/mol. The highest BCUT2D eigenvalue weighted by Gasteiger charge is 2.20. The zero-order valence-corrected chi connectivity index (χ0v) is 22.1. The summed E-state index contributed by atoms with van der Waals surface area (Å²) in [5, 5.41) is 8.09. The Kier molecular flexibility index (Phi) is 11.1. The number of halogens is 1. The number of amides is 1. The van der Waals surface area contributed by atoms with Crippen LogP contribution in [0.15, 0.2) is 71.6 Å². The highest BCUT2D eigenvalue weighted by atomic mass is 35.7. The lowest BCUT2D eigenvalue weighted by molar-refractivity contribution is -2.00. The van der Waals surface area contributed by atoms with Crippen LogP contribution in [0, 0.1) is 10.2 Å². The van der Waals surface area contributed by atoms with Gasteiger partial charge < -0.3 is 5.32 Å². The Morgan fingerprint density at radius 1 is 0.892 bits per heavy atom. The Morgan fingerprint density at radius 2 is 1.41 bits per heavy atom. The summed E-state index contributed by atoms with van der Waals surface area (Å²) in [6.45, 7) is 4.94. The summed E-state index contributed by atoms with van der Waals surface area (Å²) in [5.41, 5.74) is 5.51. The number of nitrogens with two attached hydrogens (primary N) is 1. The molecule has 0 atom stereocenters. The van der Waals surface area contributed by atoms with Crippen LogP contribution in [0.5, 0.6) is 0 Å². The van der Waals surface area contributed by atoms with Crippen LogP contribution in [-0.4, -0.2) is 20.9 Å². The first-order chi connectivity index (χ1) is 17.3. The number of primary sulfonamides is 1. The maximum absolute atomic E-state index is 12.7. The van der Waals surface area contributed by atoms with Crippen molar-refractivity contribution in [1.82, 2.24) is 5.32 Å². The van der Waals surface area contributed by atoms with Gasteiger partial charge in [-0.25, -0.2) is 32.2 Å². The molecular formula is C25H30ClN3O7S. The third kappa shape index (κ3) is 10.5.